The van der Waals surface area contributed by atoms with Crippen LogP contribution in [0.15, 0.2) is 111 Å². The maximum Gasteiger partial charge on any atom is 0.271 e. The molecule has 0 radical (unpaired) electrons. The number of aryl methyl sites for hydroxylation is 1. The van der Waals surface area contributed by atoms with Crippen molar-refractivity contribution in [1.82, 2.24) is 9.99 Å². The standard InChI is InChI=1S/C33H25Br2N3O4/c1-21-7-13-29(24-5-3-2-4-6-24)38(21)26-11-9-25(10-12-26)33(39)37-36-18-23-15-27(34)32(28(35)16-23)40-19-22-8-14-30-31(17-22)42-20-41-30/h2-18H,19-20H2,1H3,(H,37,39)/b36-18+. The molecule has 1 aliphatic heterocycles. The summed E-state index contributed by atoms with van der Waals surface area (Å²) in [6, 6.07) is 31.4. The summed E-state index contributed by atoms with van der Waals surface area (Å²) in [6.07, 6.45) is 1.58. The van der Waals surface area contributed by atoms with Crippen LogP contribution in [-0.4, -0.2) is 23.5 Å². The Bertz CT molecular complexity index is 1760. The Morgan fingerprint density at radius 2 is 1.67 bits per heavy atom. The van der Waals surface area contributed by atoms with Crippen LogP contribution in [-0.2, 0) is 6.61 Å². The van der Waals surface area contributed by atoms with Crippen LogP contribution in [0.3, 0.4) is 0 Å². The number of carbonyl (C=O) groups is 1. The molecule has 0 atom stereocenters. The molecule has 0 bridgehead atoms. The zero-order valence-corrected chi connectivity index (χ0v) is 25.7. The van der Waals surface area contributed by atoms with Crippen molar-refractivity contribution in [2.75, 3.05) is 6.79 Å². The van der Waals surface area contributed by atoms with Crippen molar-refractivity contribution in [3.63, 3.8) is 0 Å². The lowest BCUT2D eigenvalue weighted by molar-refractivity contribution is 0.0955. The minimum absolute atomic E-state index is 0.233. The quantitative estimate of drug-likeness (QED) is 0.132. The van der Waals surface area contributed by atoms with Crippen molar-refractivity contribution >= 4 is 44.0 Å². The topological polar surface area (TPSA) is 74.1 Å². The predicted octanol–water partition coefficient (Wildman–Crippen LogP) is 8.05. The molecule has 0 saturated heterocycles. The molecule has 0 fully saturated rings. The highest BCUT2D eigenvalue weighted by molar-refractivity contribution is 9.11. The van der Waals surface area contributed by atoms with Crippen molar-refractivity contribution < 1.29 is 19.0 Å². The number of aromatic nitrogens is 1. The van der Waals surface area contributed by atoms with E-state index >= 15 is 0 Å². The molecular weight excluding hydrogens is 662 g/mol. The fourth-order valence-electron chi connectivity index (χ4n) is 4.69. The second kappa shape index (κ2) is 12.3. The number of amides is 1. The molecule has 7 nitrogen and oxygen atoms in total. The van der Waals surface area contributed by atoms with Crippen LogP contribution in [0.4, 0.5) is 0 Å². The van der Waals surface area contributed by atoms with Crippen LogP contribution in [0, 0.1) is 6.92 Å². The highest BCUT2D eigenvalue weighted by Gasteiger charge is 2.15. The van der Waals surface area contributed by atoms with Crippen molar-refractivity contribution in [3.05, 3.63) is 128 Å². The molecule has 0 aliphatic carbocycles. The highest BCUT2D eigenvalue weighted by atomic mass is 79.9. The predicted molar refractivity (Wildman–Crippen MR) is 170 cm³/mol. The summed E-state index contributed by atoms with van der Waals surface area (Å²) < 4.78 is 20.5. The largest absolute Gasteiger partial charge is 0.487 e. The van der Waals surface area contributed by atoms with Gasteiger partial charge in [0, 0.05) is 16.9 Å². The molecule has 9 heteroatoms. The van der Waals surface area contributed by atoms with Crippen LogP contribution in [0.2, 0.25) is 0 Å². The van der Waals surface area contributed by atoms with Gasteiger partial charge in [-0.15, -0.1) is 0 Å². The summed E-state index contributed by atoms with van der Waals surface area (Å²) >= 11 is 7.15. The average Bonchev–Trinajstić information content (AvgIpc) is 3.63. The monoisotopic (exact) mass is 685 g/mol. The fourth-order valence-corrected chi connectivity index (χ4v) is 6.14. The van der Waals surface area contributed by atoms with E-state index in [2.05, 4.69) is 78.1 Å². The first-order chi connectivity index (χ1) is 20.5. The number of hydrogen-bond donors (Lipinski definition) is 1. The Hall–Kier alpha value is -4.34. The normalized spacial score (nSPS) is 12.1. The number of carbonyl (C=O) groups excluding carboxylic acids is 1. The Labute approximate surface area is 260 Å². The molecule has 0 spiro atoms. The van der Waals surface area contributed by atoms with Crippen LogP contribution < -0.4 is 19.6 Å². The third-order valence-electron chi connectivity index (χ3n) is 6.75. The Kier molecular flexibility index (Phi) is 8.12. The maximum absolute atomic E-state index is 12.8. The van der Waals surface area contributed by atoms with Gasteiger partial charge in [-0.2, -0.15) is 5.10 Å². The lowest BCUT2D eigenvalue weighted by Crippen LogP contribution is -2.17. The molecule has 210 valence electrons. The van der Waals surface area contributed by atoms with Crippen molar-refractivity contribution in [1.29, 1.82) is 0 Å². The molecular formula is C33H25Br2N3O4. The van der Waals surface area contributed by atoms with E-state index in [1.165, 1.54) is 0 Å². The van der Waals surface area contributed by atoms with E-state index in [-0.39, 0.29) is 12.7 Å². The van der Waals surface area contributed by atoms with Gasteiger partial charge < -0.3 is 18.8 Å². The van der Waals surface area contributed by atoms with Crippen LogP contribution in [0.5, 0.6) is 17.2 Å². The molecule has 0 saturated carbocycles. The van der Waals surface area contributed by atoms with Gasteiger partial charge >= 0.3 is 0 Å². The van der Waals surface area contributed by atoms with E-state index in [0.717, 1.165) is 48.5 Å². The summed E-state index contributed by atoms with van der Waals surface area (Å²) in [5.41, 5.74) is 9.16. The first-order valence-electron chi connectivity index (χ1n) is 13.1. The van der Waals surface area contributed by atoms with E-state index in [0.29, 0.717) is 23.7 Å². The van der Waals surface area contributed by atoms with E-state index in [9.17, 15) is 4.79 Å². The lowest BCUT2D eigenvalue weighted by atomic mass is 10.1. The zero-order chi connectivity index (χ0) is 29.1. The highest BCUT2D eigenvalue weighted by Crippen LogP contribution is 2.36. The molecule has 1 N–H and O–H groups in total. The molecule has 5 aromatic rings. The smallest absolute Gasteiger partial charge is 0.271 e. The number of benzene rings is 4. The van der Waals surface area contributed by atoms with E-state index in [1.807, 2.05) is 60.7 Å². The van der Waals surface area contributed by atoms with Crippen LogP contribution in [0.25, 0.3) is 16.9 Å². The third kappa shape index (κ3) is 5.98. The minimum Gasteiger partial charge on any atom is -0.487 e. The fraction of sp³-hybridized carbons (Fsp3) is 0.0909. The van der Waals surface area contributed by atoms with Gasteiger partial charge in [0.25, 0.3) is 5.91 Å². The van der Waals surface area contributed by atoms with Crippen LogP contribution >= 0.6 is 31.9 Å². The third-order valence-corrected chi connectivity index (χ3v) is 7.93. The van der Waals surface area contributed by atoms with E-state index in [1.54, 1.807) is 18.3 Å². The van der Waals surface area contributed by atoms with Crippen molar-refractivity contribution in [2.45, 2.75) is 13.5 Å². The van der Waals surface area contributed by atoms with E-state index in [4.69, 9.17) is 14.2 Å². The second-order valence-corrected chi connectivity index (χ2v) is 11.3. The van der Waals surface area contributed by atoms with Gasteiger partial charge in [0.2, 0.25) is 6.79 Å². The Morgan fingerprint density at radius 1 is 0.929 bits per heavy atom. The van der Waals surface area contributed by atoms with Gasteiger partial charge in [0.1, 0.15) is 12.4 Å². The number of nitrogens with zero attached hydrogens (tertiary/aromatic N) is 2. The Balaban J connectivity index is 1.09. The first kappa shape index (κ1) is 27.8. The molecule has 4 aromatic carbocycles. The second-order valence-electron chi connectivity index (χ2n) is 9.60. The Morgan fingerprint density at radius 3 is 2.43 bits per heavy atom. The minimum atomic E-state index is -0.299. The SMILES string of the molecule is Cc1ccc(-c2ccccc2)n1-c1ccc(C(=O)N/N=C/c2cc(Br)c(OCc3ccc4c(c3)OCO4)c(Br)c2)cc1. The molecule has 1 amide bonds. The molecule has 0 unspecified atom stereocenters. The van der Waals surface area contributed by atoms with Gasteiger partial charge in [0.05, 0.1) is 20.9 Å². The number of nitrogens with one attached hydrogen (secondary N) is 1. The molecule has 2 heterocycles. The number of rotatable bonds is 8. The molecule has 6 rings (SSSR count). The molecule has 1 aromatic heterocycles. The number of hydrazone groups is 1. The van der Waals surface area contributed by atoms with Gasteiger partial charge in [0.15, 0.2) is 11.5 Å². The molecule has 42 heavy (non-hydrogen) atoms. The lowest BCUT2D eigenvalue weighted by Gasteiger charge is -2.13. The average molecular weight is 687 g/mol. The number of fused-ring (bicyclic) bond motifs is 1. The first-order valence-corrected chi connectivity index (χ1v) is 14.7. The zero-order valence-electron chi connectivity index (χ0n) is 22.5. The maximum atomic E-state index is 12.8. The summed E-state index contributed by atoms with van der Waals surface area (Å²) in [6.45, 7) is 2.65. The van der Waals surface area contributed by atoms with Gasteiger partial charge in [-0.1, -0.05) is 36.4 Å². The summed E-state index contributed by atoms with van der Waals surface area (Å²) in [5.74, 6) is 1.81. The van der Waals surface area contributed by atoms with Gasteiger partial charge in [-0.3, -0.25) is 4.79 Å². The van der Waals surface area contributed by atoms with Crippen molar-refractivity contribution in [3.8, 4) is 34.2 Å². The summed E-state index contributed by atoms with van der Waals surface area (Å²) in [5, 5.41) is 4.16. The van der Waals surface area contributed by atoms with Crippen LogP contribution in [0.1, 0.15) is 27.2 Å². The number of ether oxygens (including phenoxy) is 3. The summed E-state index contributed by atoms with van der Waals surface area (Å²) in [7, 11) is 0. The van der Waals surface area contributed by atoms with Gasteiger partial charge in [-0.25, -0.2) is 5.43 Å². The van der Waals surface area contributed by atoms with Crippen molar-refractivity contribution in [2.24, 2.45) is 5.10 Å². The number of halogens is 2. The van der Waals surface area contributed by atoms with E-state index < -0.39 is 0 Å². The number of hydrogen-bond acceptors (Lipinski definition) is 5. The molecule has 1 aliphatic rings. The summed E-state index contributed by atoms with van der Waals surface area (Å²) in [4.78, 5) is 12.8. The van der Waals surface area contributed by atoms with Gasteiger partial charge in [-0.05, 0) is 116 Å².